The molecule has 1 aromatic heterocycles. The third-order valence-electron chi connectivity index (χ3n) is 5.66. The summed E-state index contributed by atoms with van der Waals surface area (Å²) >= 11 is 0. The van der Waals surface area contributed by atoms with E-state index in [1.165, 1.54) is 61.4 Å². The quantitative estimate of drug-likeness (QED) is 0.863. The summed E-state index contributed by atoms with van der Waals surface area (Å²) in [6.07, 6.45) is 7.49. The Labute approximate surface area is 144 Å². The van der Waals surface area contributed by atoms with Crippen LogP contribution in [-0.2, 0) is 19.5 Å². The van der Waals surface area contributed by atoms with Crippen LogP contribution in [-0.4, -0.2) is 32.8 Å². The lowest BCUT2D eigenvalue weighted by molar-refractivity contribution is 0.194. The zero-order valence-corrected chi connectivity index (χ0v) is 14.7. The molecular formula is C20H28N4. The predicted molar refractivity (Wildman–Crippen MR) is 96.0 cm³/mol. The average Bonchev–Trinajstić information content (AvgIpc) is 2.86. The van der Waals surface area contributed by atoms with E-state index in [1.54, 1.807) is 0 Å². The molecule has 0 saturated carbocycles. The first-order valence-corrected chi connectivity index (χ1v) is 9.50. The standard InChI is InChI=1S/C20H28N4/c1-16-8-4-5-9-17(16)14-23-12-7-10-18(15-23)20-22-21-19-11-3-2-6-13-24(19)20/h4-5,8-9,18H,2-3,6-7,10-15H2,1H3. The fourth-order valence-corrected chi connectivity index (χ4v) is 4.25. The molecule has 1 fully saturated rings. The van der Waals surface area contributed by atoms with Gasteiger partial charge in [0.1, 0.15) is 11.6 Å². The Kier molecular flexibility index (Phi) is 4.65. The molecule has 1 atom stereocenters. The number of aryl methyl sites for hydroxylation is 2. The molecule has 0 aliphatic carbocycles. The lowest BCUT2D eigenvalue weighted by Crippen LogP contribution is -2.35. The SMILES string of the molecule is Cc1ccccc1CN1CCCC(c2nnc3n2CCCCC3)C1. The van der Waals surface area contributed by atoms with Gasteiger partial charge in [0, 0.05) is 32.0 Å². The molecule has 2 aliphatic rings. The second-order valence-corrected chi connectivity index (χ2v) is 7.44. The van der Waals surface area contributed by atoms with Gasteiger partial charge in [-0.1, -0.05) is 30.7 Å². The molecule has 3 heterocycles. The molecule has 0 radical (unpaired) electrons. The Morgan fingerprint density at radius 2 is 1.96 bits per heavy atom. The molecule has 0 spiro atoms. The van der Waals surface area contributed by atoms with Crippen LogP contribution in [0.15, 0.2) is 24.3 Å². The van der Waals surface area contributed by atoms with Crippen LogP contribution in [0.1, 0.15) is 60.8 Å². The molecule has 1 saturated heterocycles. The summed E-state index contributed by atoms with van der Waals surface area (Å²) in [6.45, 7) is 6.71. The Balaban J connectivity index is 1.49. The first-order chi connectivity index (χ1) is 11.8. The van der Waals surface area contributed by atoms with Gasteiger partial charge in [0.05, 0.1) is 0 Å². The van der Waals surface area contributed by atoms with Crippen molar-refractivity contribution in [2.24, 2.45) is 0 Å². The van der Waals surface area contributed by atoms with Crippen LogP contribution in [0.25, 0.3) is 0 Å². The van der Waals surface area contributed by atoms with Crippen LogP contribution in [0.5, 0.6) is 0 Å². The summed E-state index contributed by atoms with van der Waals surface area (Å²) in [7, 11) is 0. The molecule has 24 heavy (non-hydrogen) atoms. The van der Waals surface area contributed by atoms with Crippen molar-refractivity contribution in [2.45, 2.75) is 64.5 Å². The van der Waals surface area contributed by atoms with E-state index >= 15 is 0 Å². The van der Waals surface area contributed by atoms with Gasteiger partial charge < -0.3 is 4.57 Å². The monoisotopic (exact) mass is 324 g/mol. The number of likely N-dealkylation sites (tertiary alicyclic amines) is 1. The van der Waals surface area contributed by atoms with Crippen molar-refractivity contribution in [3.63, 3.8) is 0 Å². The van der Waals surface area contributed by atoms with Crippen molar-refractivity contribution in [3.05, 3.63) is 47.0 Å². The topological polar surface area (TPSA) is 34.0 Å². The maximum absolute atomic E-state index is 4.61. The van der Waals surface area contributed by atoms with E-state index in [2.05, 4.69) is 50.9 Å². The van der Waals surface area contributed by atoms with Gasteiger partial charge in [0.15, 0.2) is 0 Å². The van der Waals surface area contributed by atoms with Crippen molar-refractivity contribution in [3.8, 4) is 0 Å². The van der Waals surface area contributed by atoms with Crippen molar-refractivity contribution >= 4 is 0 Å². The van der Waals surface area contributed by atoms with Crippen molar-refractivity contribution < 1.29 is 0 Å². The van der Waals surface area contributed by atoms with Gasteiger partial charge >= 0.3 is 0 Å². The first kappa shape index (κ1) is 15.8. The third-order valence-corrected chi connectivity index (χ3v) is 5.66. The highest BCUT2D eigenvalue weighted by molar-refractivity contribution is 5.25. The smallest absolute Gasteiger partial charge is 0.137 e. The molecule has 2 aromatic rings. The van der Waals surface area contributed by atoms with Crippen molar-refractivity contribution in [1.82, 2.24) is 19.7 Å². The van der Waals surface area contributed by atoms with Gasteiger partial charge in [0.2, 0.25) is 0 Å². The zero-order chi connectivity index (χ0) is 16.4. The van der Waals surface area contributed by atoms with Gasteiger partial charge in [-0.2, -0.15) is 0 Å². The van der Waals surface area contributed by atoms with Crippen LogP contribution >= 0.6 is 0 Å². The molecule has 0 N–H and O–H groups in total. The maximum atomic E-state index is 4.61. The molecule has 0 bridgehead atoms. The summed E-state index contributed by atoms with van der Waals surface area (Å²) in [5.41, 5.74) is 2.86. The number of hydrogen-bond donors (Lipinski definition) is 0. The summed E-state index contributed by atoms with van der Waals surface area (Å²) < 4.78 is 2.44. The molecule has 128 valence electrons. The maximum Gasteiger partial charge on any atom is 0.137 e. The number of rotatable bonds is 3. The normalized spacial score (nSPS) is 22.1. The van der Waals surface area contributed by atoms with Gasteiger partial charge in [-0.25, -0.2) is 0 Å². The lowest BCUT2D eigenvalue weighted by Gasteiger charge is -2.32. The zero-order valence-electron chi connectivity index (χ0n) is 14.7. The van der Waals surface area contributed by atoms with E-state index in [4.69, 9.17) is 0 Å². The highest BCUT2D eigenvalue weighted by atomic mass is 15.3. The highest BCUT2D eigenvalue weighted by Gasteiger charge is 2.27. The third kappa shape index (κ3) is 3.25. The Bertz CT molecular complexity index is 691. The fraction of sp³-hybridized carbons (Fsp3) is 0.600. The van der Waals surface area contributed by atoms with Gasteiger partial charge in [-0.3, -0.25) is 4.90 Å². The minimum atomic E-state index is 0.544. The molecule has 1 aromatic carbocycles. The molecule has 1 unspecified atom stereocenters. The van der Waals surface area contributed by atoms with E-state index in [1.807, 2.05) is 0 Å². The number of nitrogens with zero attached hydrogens (tertiary/aromatic N) is 4. The van der Waals surface area contributed by atoms with Crippen LogP contribution < -0.4 is 0 Å². The van der Waals surface area contributed by atoms with Crippen LogP contribution in [0.3, 0.4) is 0 Å². The Morgan fingerprint density at radius 1 is 1.04 bits per heavy atom. The number of benzene rings is 1. The molecule has 4 rings (SSSR count). The predicted octanol–water partition coefficient (Wildman–Crippen LogP) is 3.69. The van der Waals surface area contributed by atoms with Crippen molar-refractivity contribution in [2.75, 3.05) is 13.1 Å². The molecule has 4 nitrogen and oxygen atoms in total. The van der Waals surface area contributed by atoms with E-state index in [9.17, 15) is 0 Å². The molecule has 2 aliphatic heterocycles. The number of aromatic nitrogens is 3. The fourth-order valence-electron chi connectivity index (χ4n) is 4.25. The van der Waals surface area contributed by atoms with Crippen LogP contribution in [0, 0.1) is 6.92 Å². The summed E-state index contributed by atoms with van der Waals surface area (Å²) in [6, 6.07) is 8.77. The highest BCUT2D eigenvalue weighted by Crippen LogP contribution is 2.29. The summed E-state index contributed by atoms with van der Waals surface area (Å²) in [4.78, 5) is 2.61. The van der Waals surface area contributed by atoms with E-state index in [0.717, 1.165) is 26.1 Å². The largest absolute Gasteiger partial charge is 0.315 e. The van der Waals surface area contributed by atoms with Crippen LogP contribution in [0.2, 0.25) is 0 Å². The van der Waals surface area contributed by atoms with E-state index in [-0.39, 0.29) is 0 Å². The number of piperidine rings is 1. The lowest BCUT2D eigenvalue weighted by atomic mass is 9.96. The Morgan fingerprint density at radius 3 is 2.88 bits per heavy atom. The van der Waals surface area contributed by atoms with Crippen LogP contribution in [0.4, 0.5) is 0 Å². The molecule has 4 heteroatoms. The van der Waals surface area contributed by atoms with E-state index in [0.29, 0.717) is 5.92 Å². The van der Waals surface area contributed by atoms with E-state index < -0.39 is 0 Å². The minimum absolute atomic E-state index is 0.544. The summed E-state index contributed by atoms with van der Waals surface area (Å²) in [5.74, 6) is 3.02. The first-order valence-electron chi connectivity index (χ1n) is 9.50. The van der Waals surface area contributed by atoms with Crippen molar-refractivity contribution in [1.29, 1.82) is 0 Å². The molecular weight excluding hydrogens is 296 g/mol. The minimum Gasteiger partial charge on any atom is -0.315 e. The van der Waals surface area contributed by atoms with Gasteiger partial charge in [-0.05, 0) is 50.3 Å². The number of hydrogen-bond acceptors (Lipinski definition) is 3. The second kappa shape index (κ2) is 7.06. The average molecular weight is 324 g/mol. The second-order valence-electron chi connectivity index (χ2n) is 7.44. The number of fused-ring (bicyclic) bond motifs is 1. The van der Waals surface area contributed by atoms with Gasteiger partial charge in [0.25, 0.3) is 0 Å². The Hall–Kier alpha value is -1.68. The summed E-state index contributed by atoms with van der Waals surface area (Å²) in [5, 5.41) is 9.12. The molecule has 0 amide bonds. The van der Waals surface area contributed by atoms with Gasteiger partial charge in [-0.15, -0.1) is 10.2 Å².